The van der Waals surface area contributed by atoms with E-state index in [1.54, 1.807) is 13.8 Å². The predicted octanol–water partition coefficient (Wildman–Crippen LogP) is 2.62. The van der Waals surface area contributed by atoms with E-state index in [0.717, 1.165) is 25.7 Å². The molecule has 0 spiro atoms. The van der Waals surface area contributed by atoms with Gasteiger partial charge in [-0.3, -0.25) is 0 Å². The molecule has 2 heteroatoms. The summed E-state index contributed by atoms with van der Waals surface area (Å²) in [5, 5.41) is 19.2. The summed E-state index contributed by atoms with van der Waals surface area (Å²) < 4.78 is 0. The molecule has 0 amide bonds. The monoisotopic (exact) mass is 181 g/mol. The van der Waals surface area contributed by atoms with Gasteiger partial charge in [-0.1, -0.05) is 25.7 Å². The highest BCUT2D eigenvalue weighted by atomic mass is 16.3. The standard InChI is InChI=1S/C11H19NO/c1-10(2,13)11(9-12)7-5-3-4-6-8-11/h13H,3-8H2,1-2H3. The van der Waals surface area contributed by atoms with Gasteiger partial charge in [-0.15, -0.1) is 0 Å². The first kappa shape index (κ1) is 10.5. The third-order valence-electron chi connectivity index (χ3n) is 3.34. The van der Waals surface area contributed by atoms with Gasteiger partial charge in [-0.25, -0.2) is 0 Å². The summed E-state index contributed by atoms with van der Waals surface area (Å²) in [4.78, 5) is 0. The van der Waals surface area contributed by atoms with Crippen molar-refractivity contribution in [3.05, 3.63) is 0 Å². The summed E-state index contributed by atoms with van der Waals surface area (Å²) in [5.41, 5.74) is -1.35. The zero-order valence-electron chi connectivity index (χ0n) is 8.64. The van der Waals surface area contributed by atoms with Crippen molar-refractivity contribution in [1.82, 2.24) is 0 Å². The second-order valence-electron chi connectivity index (χ2n) is 4.67. The minimum atomic E-state index is -0.855. The lowest BCUT2D eigenvalue weighted by molar-refractivity contribution is -0.0309. The van der Waals surface area contributed by atoms with E-state index in [4.69, 9.17) is 0 Å². The largest absolute Gasteiger partial charge is 0.389 e. The lowest BCUT2D eigenvalue weighted by atomic mass is 9.70. The quantitative estimate of drug-likeness (QED) is 0.632. The van der Waals surface area contributed by atoms with Crippen LogP contribution in [-0.2, 0) is 0 Å². The Hall–Kier alpha value is -0.550. The topological polar surface area (TPSA) is 44.0 Å². The van der Waals surface area contributed by atoms with Gasteiger partial charge in [-0.05, 0) is 26.7 Å². The van der Waals surface area contributed by atoms with Crippen molar-refractivity contribution in [3.8, 4) is 6.07 Å². The van der Waals surface area contributed by atoms with Crippen molar-refractivity contribution in [3.63, 3.8) is 0 Å². The Morgan fingerprint density at radius 2 is 1.62 bits per heavy atom. The highest BCUT2D eigenvalue weighted by Crippen LogP contribution is 2.42. The second-order valence-corrected chi connectivity index (χ2v) is 4.67. The number of nitrogens with zero attached hydrogens (tertiary/aromatic N) is 1. The average Bonchev–Trinajstić information content (AvgIpc) is 2.27. The molecule has 0 unspecified atom stereocenters. The number of rotatable bonds is 1. The fourth-order valence-corrected chi connectivity index (χ4v) is 2.19. The predicted molar refractivity (Wildman–Crippen MR) is 52.0 cm³/mol. The number of hydrogen-bond acceptors (Lipinski definition) is 2. The maximum atomic E-state index is 10.00. The molecule has 0 aromatic rings. The van der Waals surface area contributed by atoms with E-state index >= 15 is 0 Å². The van der Waals surface area contributed by atoms with E-state index in [1.165, 1.54) is 12.8 Å². The molecule has 1 fully saturated rings. The Kier molecular flexibility index (Phi) is 2.98. The van der Waals surface area contributed by atoms with Crippen LogP contribution < -0.4 is 0 Å². The van der Waals surface area contributed by atoms with Gasteiger partial charge in [0, 0.05) is 0 Å². The van der Waals surface area contributed by atoms with Crippen molar-refractivity contribution in [2.24, 2.45) is 5.41 Å². The lowest BCUT2D eigenvalue weighted by Crippen LogP contribution is -2.42. The van der Waals surface area contributed by atoms with Crippen LogP contribution in [0.1, 0.15) is 52.4 Å². The van der Waals surface area contributed by atoms with Crippen molar-refractivity contribution >= 4 is 0 Å². The Morgan fingerprint density at radius 1 is 1.15 bits per heavy atom. The fourth-order valence-electron chi connectivity index (χ4n) is 2.19. The van der Waals surface area contributed by atoms with Crippen LogP contribution in [0.2, 0.25) is 0 Å². The summed E-state index contributed by atoms with van der Waals surface area (Å²) in [5.74, 6) is 0. The molecule has 0 aliphatic heterocycles. The molecule has 1 saturated carbocycles. The third kappa shape index (κ3) is 2.03. The second kappa shape index (κ2) is 3.67. The van der Waals surface area contributed by atoms with Gasteiger partial charge in [0.1, 0.15) is 0 Å². The number of hydrogen-bond donors (Lipinski definition) is 1. The maximum absolute atomic E-state index is 10.00. The van der Waals surface area contributed by atoms with Crippen LogP contribution in [0.25, 0.3) is 0 Å². The number of aliphatic hydroxyl groups is 1. The molecule has 1 aliphatic rings. The zero-order valence-corrected chi connectivity index (χ0v) is 8.64. The molecule has 0 bridgehead atoms. The van der Waals surface area contributed by atoms with Gasteiger partial charge in [0.15, 0.2) is 0 Å². The highest BCUT2D eigenvalue weighted by Gasteiger charge is 2.43. The van der Waals surface area contributed by atoms with Crippen molar-refractivity contribution in [1.29, 1.82) is 5.26 Å². The SMILES string of the molecule is CC(C)(O)C1(C#N)CCCCCC1. The zero-order chi connectivity index (χ0) is 9.95. The van der Waals surface area contributed by atoms with Crippen LogP contribution in [0.4, 0.5) is 0 Å². The van der Waals surface area contributed by atoms with Gasteiger partial charge in [0.25, 0.3) is 0 Å². The van der Waals surface area contributed by atoms with Crippen molar-refractivity contribution in [2.45, 2.75) is 58.0 Å². The highest BCUT2D eigenvalue weighted by molar-refractivity contribution is 5.08. The minimum absolute atomic E-state index is 0.497. The molecule has 0 aromatic heterocycles. The van der Waals surface area contributed by atoms with Crippen LogP contribution in [-0.4, -0.2) is 10.7 Å². The van der Waals surface area contributed by atoms with Crippen LogP contribution >= 0.6 is 0 Å². The summed E-state index contributed by atoms with van der Waals surface area (Å²) >= 11 is 0. The Morgan fingerprint density at radius 3 is 1.92 bits per heavy atom. The summed E-state index contributed by atoms with van der Waals surface area (Å²) in [6.45, 7) is 3.53. The molecule has 1 N–H and O–H groups in total. The van der Waals surface area contributed by atoms with E-state index in [9.17, 15) is 10.4 Å². The van der Waals surface area contributed by atoms with Crippen LogP contribution in [0.5, 0.6) is 0 Å². The van der Waals surface area contributed by atoms with E-state index < -0.39 is 11.0 Å². The van der Waals surface area contributed by atoms with Crippen LogP contribution in [0, 0.1) is 16.7 Å². The van der Waals surface area contributed by atoms with Gasteiger partial charge in [0.05, 0.1) is 17.1 Å². The molecule has 0 radical (unpaired) electrons. The third-order valence-corrected chi connectivity index (χ3v) is 3.34. The lowest BCUT2D eigenvalue weighted by Gasteiger charge is -2.36. The van der Waals surface area contributed by atoms with Crippen LogP contribution in [0.15, 0.2) is 0 Å². The first-order valence-electron chi connectivity index (χ1n) is 5.15. The van der Waals surface area contributed by atoms with E-state index in [2.05, 4.69) is 6.07 Å². The molecule has 1 rings (SSSR count). The molecular formula is C11H19NO. The van der Waals surface area contributed by atoms with Crippen molar-refractivity contribution < 1.29 is 5.11 Å². The van der Waals surface area contributed by atoms with E-state index in [1.807, 2.05) is 0 Å². The Labute approximate surface area is 80.6 Å². The van der Waals surface area contributed by atoms with Gasteiger partial charge >= 0.3 is 0 Å². The maximum Gasteiger partial charge on any atom is 0.0854 e. The van der Waals surface area contributed by atoms with Crippen LogP contribution in [0.3, 0.4) is 0 Å². The minimum Gasteiger partial charge on any atom is -0.389 e. The summed E-state index contributed by atoms with van der Waals surface area (Å²) in [7, 11) is 0. The molecule has 2 nitrogen and oxygen atoms in total. The van der Waals surface area contributed by atoms with Crippen molar-refractivity contribution in [2.75, 3.05) is 0 Å². The van der Waals surface area contributed by atoms with Gasteiger partial charge in [-0.2, -0.15) is 5.26 Å². The molecule has 1 aliphatic carbocycles. The average molecular weight is 181 g/mol. The molecule has 0 aromatic carbocycles. The summed E-state index contributed by atoms with van der Waals surface area (Å²) in [6, 6.07) is 2.35. The molecule has 74 valence electrons. The molecule has 0 atom stereocenters. The Balaban J connectivity index is 2.85. The number of nitriles is 1. The van der Waals surface area contributed by atoms with Gasteiger partial charge in [0.2, 0.25) is 0 Å². The smallest absolute Gasteiger partial charge is 0.0854 e. The first-order valence-corrected chi connectivity index (χ1v) is 5.15. The van der Waals surface area contributed by atoms with E-state index in [-0.39, 0.29) is 0 Å². The Bertz CT molecular complexity index is 201. The molecule has 0 saturated heterocycles. The molecule has 0 heterocycles. The normalized spacial score (nSPS) is 23.2. The first-order chi connectivity index (χ1) is 6.02. The molecule has 13 heavy (non-hydrogen) atoms. The van der Waals surface area contributed by atoms with E-state index in [0.29, 0.717) is 0 Å². The fraction of sp³-hybridized carbons (Fsp3) is 0.909. The van der Waals surface area contributed by atoms with Gasteiger partial charge < -0.3 is 5.11 Å². The molecular weight excluding hydrogens is 162 g/mol. The summed E-state index contributed by atoms with van der Waals surface area (Å²) in [6.07, 6.45) is 6.29.